The molecule has 0 amide bonds. The second-order valence-electron chi connectivity index (χ2n) is 4.10. The van der Waals surface area contributed by atoms with Gasteiger partial charge in [0, 0.05) is 0 Å². The zero-order valence-electron chi connectivity index (χ0n) is 11.2. The van der Waals surface area contributed by atoms with Crippen LogP contribution < -0.4 is 0 Å². The lowest BCUT2D eigenvalue weighted by Gasteiger charge is -2.11. The molecule has 92 valence electrons. The molecule has 1 atom stereocenters. The molecular weight excluding hydrogens is 196 g/mol. The van der Waals surface area contributed by atoms with Crippen LogP contribution in [0.4, 0.5) is 0 Å². The van der Waals surface area contributed by atoms with Gasteiger partial charge in [-0.1, -0.05) is 63.9 Å². The summed E-state index contributed by atoms with van der Waals surface area (Å²) < 4.78 is 5.67. The van der Waals surface area contributed by atoms with Crippen molar-refractivity contribution < 1.29 is 4.74 Å². The van der Waals surface area contributed by atoms with Crippen LogP contribution in [0.25, 0.3) is 0 Å². The predicted molar refractivity (Wildman–Crippen MR) is 71.6 cm³/mol. The molecule has 0 bridgehead atoms. The SMILES string of the molecule is CCC.CCCC(C)OCc1ccccc1. The number of hydrogen-bond donors (Lipinski definition) is 0. The summed E-state index contributed by atoms with van der Waals surface area (Å²) in [5, 5.41) is 0. The Labute approximate surface area is 101 Å². The minimum atomic E-state index is 0.380. The van der Waals surface area contributed by atoms with E-state index < -0.39 is 0 Å². The van der Waals surface area contributed by atoms with E-state index >= 15 is 0 Å². The van der Waals surface area contributed by atoms with Crippen molar-refractivity contribution in [1.82, 2.24) is 0 Å². The van der Waals surface area contributed by atoms with Crippen molar-refractivity contribution in [3.63, 3.8) is 0 Å². The zero-order chi connectivity index (χ0) is 12.2. The van der Waals surface area contributed by atoms with Crippen molar-refractivity contribution in [3.05, 3.63) is 35.9 Å². The van der Waals surface area contributed by atoms with Gasteiger partial charge in [-0.3, -0.25) is 0 Å². The molecule has 0 aromatic heterocycles. The summed E-state index contributed by atoms with van der Waals surface area (Å²) in [5.74, 6) is 0. The maximum atomic E-state index is 5.67. The second-order valence-corrected chi connectivity index (χ2v) is 4.10. The Morgan fingerprint density at radius 2 is 1.62 bits per heavy atom. The standard InChI is InChI=1S/C12H18O.C3H8/c1-3-7-11(2)13-10-12-8-5-4-6-9-12;1-3-2/h4-6,8-9,11H,3,7,10H2,1-2H3;3H2,1-2H3. The third-order valence-corrected chi connectivity index (χ3v) is 2.07. The fraction of sp³-hybridized carbons (Fsp3) is 0.600. The first-order valence-electron chi connectivity index (χ1n) is 6.40. The van der Waals surface area contributed by atoms with E-state index in [-0.39, 0.29) is 0 Å². The highest BCUT2D eigenvalue weighted by molar-refractivity contribution is 5.13. The quantitative estimate of drug-likeness (QED) is 0.694. The summed E-state index contributed by atoms with van der Waals surface area (Å²) in [6.45, 7) is 9.30. The normalized spacial score (nSPS) is 11.5. The molecule has 1 heteroatoms. The van der Waals surface area contributed by atoms with Gasteiger partial charge in [0.25, 0.3) is 0 Å². The van der Waals surface area contributed by atoms with E-state index in [0.29, 0.717) is 6.10 Å². The molecule has 0 saturated heterocycles. The first kappa shape index (κ1) is 15.2. The second kappa shape index (κ2) is 10.7. The highest BCUT2D eigenvalue weighted by Crippen LogP contribution is 2.06. The molecule has 0 spiro atoms. The molecule has 1 aromatic rings. The van der Waals surface area contributed by atoms with E-state index in [2.05, 4.69) is 39.8 Å². The summed E-state index contributed by atoms with van der Waals surface area (Å²) in [6.07, 6.45) is 3.97. The van der Waals surface area contributed by atoms with Gasteiger partial charge in [-0.05, 0) is 18.9 Å². The maximum Gasteiger partial charge on any atom is 0.0720 e. The summed E-state index contributed by atoms with van der Waals surface area (Å²) in [4.78, 5) is 0. The Bertz CT molecular complexity index is 230. The monoisotopic (exact) mass is 222 g/mol. The summed E-state index contributed by atoms with van der Waals surface area (Å²) in [7, 11) is 0. The topological polar surface area (TPSA) is 9.23 Å². The van der Waals surface area contributed by atoms with Gasteiger partial charge in [0.05, 0.1) is 12.7 Å². The van der Waals surface area contributed by atoms with Crippen LogP contribution in [0, 0.1) is 0 Å². The van der Waals surface area contributed by atoms with E-state index in [0.717, 1.165) is 13.0 Å². The Hall–Kier alpha value is -0.820. The van der Waals surface area contributed by atoms with Crippen molar-refractivity contribution in [2.24, 2.45) is 0 Å². The lowest BCUT2D eigenvalue weighted by Crippen LogP contribution is -2.07. The van der Waals surface area contributed by atoms with Gasteiger partial charge < -0.3 is 4.74 Å². The van der Waals surface area contributed by atoms with Gasteiger partial charge in [0.2, 0.25) is 0 Å². The van der Waals surface area contributed by atoms with Crippen molar-refractivity contribution in [3.8, 4) is 0 Å². The average molecular weight is 222 g/mol. The van der Waals surface area contributed by atoms with Gasteiger partial charge in [0.15, 0.2) is 0 Å². The fourth-order valence-corrected chi connectivity index (χ4v) is 1.30. The molecule has 0 aliphatic carbocycles. The average Bonchev–Trinajstić information content (AvgIpc) is 2.29. The number of rotatable bonds is 5. The number of benzene rings is 1. The molecule has 16 heavy (non-hydrogen) atoms. The molecule has 1 aromatic carbocycles. The maximum absolute atomic E-state index is 5.67. The Morgan fingerprint density at radius 1 is 1.06 bits per heavy atom. The van der Waals surface area contributed by atoms with E-state index in [1.54, 1.807) is 0 Å². The van der Waals surface area contributed by atoms with E-state index in [1.165, 1.54) is 18.4 Å². The lowest BCUT2D eigenvalue weighted by molar-refractivity contribution is 0.0472. The Kier molecular flexibility index (Phi) is 10.1. The van der Waals surface area contributed by atoms with Crippen molar-refractivity contribution >= 4 is 0 Å². The van der Waals surface area contributed by atoms with Gasteiger partial charge in [-0.15, -0.1) is 0 Å². The van der Waals surface area contributed by atoms with Gasteiger partial charge in [0.1, 0.15) is 0 Å². The summed E-state index contributed by atoms with van der Waals surface area (Å²) in [5.41, 5.74) is 1.26. The van der Waals surface area contributed by atoms with Crippen LogP contribution in [0.2, 0.25) is 0 Å². The minimum Gasteiger partial charge on any atom is -0.374 e. The zero-order valence-corrected chi connectivity index (χ0v) is 11.2. The van der Waals surface area contributed by atoms with Crippen molar-refractivity contribution in [1.29, 1.82) is 0 Å². The largest absolute Gasteiger partial charge is 0.374 e. The molecule has 0 heterocycles. The van der Waals surface area contributed by atoms with E-state index in [9.17, 15) is 0 Å². The van der Waals surface area contributed by atoms with Gasteiger partial charge in [-0.25, -0.2) is 0 Å². The van der Waals surface area contributed by atoms with Crippen LogP contribution in [0.1, 0.15) is 52.5 Å². The molecule has 0 aliphatic heterocycles. The molecule has 0 radical (unpaired) electrons. The molecule has 1 rings (SSSR count). The molecule has 0 N–H and O–H groups in total. The van der Waals surface area contributed by atoms with Crippen LogP contribution in [-0.2, 0) is 11.3 Å². The first-order valence-corrected chi connectivity index (χ1v) is 6.40. The van der Waals surface area contributed by atoms with Crippen LogP contribution in [-0.4, -0.2) is 6.10 Å². The van der Waals surface area contributed by atoms with Crippen molar-refractivity contribution in [2.45, 2.75) is 59.7 Å². The predicted octanol–water partition coefficient (Wildman–Crippen LogP) is 4.81. The molecule has 0 saturated carbocycles. The van der Waals surface area contributed by atoms with E-state index in [4.69, 9.17) is 4.74 Å². The highest BCUT2D eigenvalue weighted by atomic mass is 16.5. The summed E-state index contributed by atoms with van der Waals surface area (Å²) in [6, 6.07) is 10.3. The number of hydrogen-bond acceptors (Lipinski definition) is 1. The number of ether oxygens (including phenoxy) is 1. The van der Waals surface area contributed by atoms with Crippen LogP contribution in [0.3, 0.4) is 0 Å². The highest BCUT2D eigenvalue weighted by Gasteiger charge is 1.99. The molecule has 0 aliphatic rings. The van der Waals surface area contributed by atoms with Crippen LogP contribution in [0.5, 0.6) is 0 Å². The molecule has 1 nitrogen and oxygen atoms in total. The Morgan fingerprint density at radius 3 is 2.12 bits per heavy atom. The molecule has 1 unspecified atom stereocenters. The molecular formula is C15H26O. The third-order valence-electron chi connectivity index (χ3n) is 2.07. The molecule has 0 fully saturated rings. The van der Waals surface area contributed by atoms with E-state index in [1.807, 2.05) is 18.2 Å². The lowest BCUT2D eigenvalue weighted by atomic mass is 10.2. The van der Waals surface area contributed by atoms with Gasteiger partial charge in [-0.2, -0.15) is 0 Å². The Balaban J connectivity index is 0.000000673. The first-order chi connectivity index (χ1) is 7.74. The fourth-order valence-electron chi connectivity index (χ4n) is 1.30. The minimum absolute atomic E-state index is 0.380. The summed E-state index contributed by atoms with van der Waals surface area (Å²) >= 11 is 0. The van der Waals surface area contributed by atoms with Crippen LogP contribution in [0.15, 0.2) is 30.3 Å². The van der Waals surface area contributed by atoms with Gasteiger partial charge >= 0.3 is 0 Å². The van der Waals surface area contributed by atoms with Crippen LogP contribution >= 0.6 is 0 Å². The van der Waals surface area contributed by atoms with Crippen molar-refractivity contribution in [2.75, 3.05) is 0 Å². The third kappa shape index (κ3) is 8.49. The smallest absolute Gasteiger partial charge is 0.0720 e.